The van der Waals surface area contributed by atoms with E-state index in [-0.39, 0.29) is 17.7 Å². The highest BCUT2D eigenvalue weighted by Crippen LogP contribution is 2.24. The molecule has 0 radical (unpaired) electrons. The molecule has 2 aliphatic heterocycles. The summed E-state index contributed by atoms with van der Waals surface area (Å²) < 4.78 is 0. The lowest BCUT2D eigenvalue weighted by molar-refractivity contribution is -0.155. The number of carboxylic acids is 1. The van der Waals surface area contributed by atoms with Crippen LogP contribution in [0.1, 0.15) is 51.9 Å². The van der Waals surface area contributed by atoms with Crippen LogP contribution in [0.5, 0.6) is 0 Å². The number of nitrogens with zero attached hydrogens (tertiary/aromatic N) is 2. The van der Waals surface area contributed by atoms with Gasteiger partial charge in [0.1, 0.15) is 6.04 Å². The van der Waals surface area contributed by atoms with E-state index in [9.17, 15) is 19.5 Å². The summed E-state index contributed by atoms with van der Waals surface area (Å²) in [4.78, 5) is 39.4. The quantitative estimate of drug-likeness (QED) is 0.853. The molecule has 0 aromatic carbocycles. The van der Waals surface area contributed by atoms with Crippen LogP contribution in [-0.2, 0) is 14.4 Å². The predicted octanol–water partition coefficient (Wildman–Crippen LogP) is 1.49. The summed E-state index contributed by atoms with van der Waals surface area (Å²) in [7, 11) is 0. The number of hydrogen-bond donors (Lipinski definition) is 1. The van der Waals surface area contributed by atoms with E-state index in [0.29, 0.717) is 32.5 Å². The average Bonchev–Trinajstić information content (AvgIpc) is 2.54. The van der Waals surface area contributed by atoms with Crippen molar-refractivity contribution in [3.63, 3.8) is 0 Å². The van der Waals surface area contributed by atoms with Crippen LogP contribution in [0.4, 0.5) is 0 Å². The van der Waals surface area contributed by atoms with Crippen molar-refractivity contribution >= 4 is 17.8 Å². The number of rotatable bonds is 4. The van der Waals surface area contributed by atoms with Crippen LogP contribution in [0.25, 0.3) is 0 Å². The molecule has 2 amide bonds. The van der Waals surface area contributed by atoms with Gasteiger partial charge in [-0.1, -0.05) is 6.92 Å². The lowest BCUT2D eigenvalue weighted by Gasteiger charge is -2.38. The van der Waals surface area contributed by atoms with E-state index < -0.39 is 12.0 Å². The number of amides is 2. The van der Waals surface area contributed by atoms with Crippen molar-refractivity contribution in [2.24, 2.45) is 5.92 Å². The van der Waals surface area contributed by atoms with Crippen LogP contribution >= 0.6 is 0 Å². The molecular weight excluding hydrogens is 284 g/mol. The van der Waals surface area contributed by atoms with Crippen molar-refractivity contribution in [2.45, 2.75) is 57.9 Å². The van der Waals surface area contributed by atoms with E-state index in [0.717, 1.165) is 32.1 Å². The highest BCUT2D eigenvalue weighted by molar-refractivity contribution is 5.86. The standard InChI is InChI=1S/C16H26N2O4/c1-2-6-14(19)17-9-5-7-12(11-17)15(20)18-10-4-3-8-13(18)16(21)22/h12-13H,2-11H2,1H3,(H,21,22). The van der Waals surface area contributed by atoms with Gasteiger partial charge in [0.25, 0.3) is 0 Å². The third kappa shape index (κ3) is 3.78. The zero-order chi connectivity index (χ0) is 16.1. The molecule has 0 spiro atoms. The van der Waals surface area contributed by atoms with Gasteiger partial charge < -0.3 is 14.9 Å². The SMILES string of the molecule is CCCC(=O)N1CCCC(C(=O)N2CCCCC2C(=O)O)C1. The largest absolute Gasteiger partial charge is 0.480 e. The molecule has 0 bridgehead atoms. The third-order valence-corrected chi connectivity index (χ3v) is 4.66. The zero-order valence-corrected chi connectivity index (χ0v) is 13.3. The molecule has 22 heavy (non-hydrogen) atoms. The number of hydrogen-bond acceptors (Lipinski definition) is 3. The summed E-state index contributed by atoms with van der Waals surface area (Å²) in [6.07, 6.45) is 5.14. The number of carboxylic acid groups (broad SMARTS) is 1. The molecule has 0 aliphatic carbocycles. The zero-order valence-electron chi connectivity index (χ0n) is 13.3. The van der Waals surface area contributed by atoms with E-state index in [1.54, 1.807) is 4.90 Å². The van der Waals surface area contributed by atoms with Gasteiger partial charge in [0, 0.05) is 26.1 Å². The molecule has 0 saturated carbocycles. The monoisotopic (exact) mass is 310 g/mol. The molecule has 0 aromatic rings. The topological polar surface area (TPSA) is 77.9 Å². The lowest BCUT2D eigenvalue weighted by atomic mass is 9.93. The van der Waals surface area contributed by atoms with E-state index in [4.69, 9.17) is 0 Å². The van der Waals surface area contributed by atoms with Crippen LogP contribution in [0.3, 0.4) is 0 Å². The van der Waals surface area contributed by atoms with Crippen molar-refractivity contribution in [3.8, 4) is 0 Å². The van der Waals surface area contributed by atoms with Gasteiger partial charge in [0.2, 0.25) is 11.8 Å². The Morgan fingerprint density at radius 3 is 2.55 bits per heavy atom. The number of likely N-dealkylation sites (tertiary alicyclic amines) is 2. The number of piperidine rings is 2. The van der Waals surface area contributed by atoms with Gasteiger partial charge in [-0.2, -0.15) is 0 Å². The van der Waals surface area contributed by atoms with E-state index >= 15 is 0 Å². The molecule has 2 rings (SSSR count). The number of carbonyl (C=O) groups is 3. The molecule has 2 fully saturated rings. The number of aliphatic carboxylic acids is 1. The maximum absolute atomic E-state index is 12.7. The van der Waals surface area contributed by atoms with E-state index in [1.807, 2.05) is 6.92 Å². The minimum absolute atomic E-state index is 0.0823. The summed E-state index contributed by atoms with van der Waals surface area (Å²) in [6.45, 7) is 3.65. The highest BCUT2D eigenvalue weighted by Gasteiger charge is 2.37. The van der Waals surface area contributed by atoms with Crippen LogP contribution in [0.2, 0.25) is 0 Å². The molecule has 6 heteroatoms. The van der Waals surface area contributed by atoms with Crippen molar-refractivity contribution < 1.29 is 19.5 Å². The van der Waals surface area contributed by atoms with Gasteiger partial charge in [0.05, 0.1) is 5.92 Å². The third-order valence-electron chi connectivity index (χ3n) is 4.66. The second-order valence-corrected chi connectivity index (χ2v) is 6.31. The first-order valence-electron chi connectivity index (χ1n) is 8.35. The average molecular weight is 310 g/mol. The Morgan fingerprint density at radius 1 is 1.09 bits per heavy atom. The minimum atomic E-state index is -0.914. The molecule has 124 valence electrons. The molecule has 6 nitrogen and oxygen atoms in total. The fourth-order valence-corrected chi connectivity index (χ4v) is 3.46. The van der Waals surface area contributed by atoms with Crippen LogP contribution < -0.4 is 0 Å². The molecular formula is C16H26N2O4. The summed E-state index contributed by atoms with van der Waals surface area (Å²) in [6, 6.07) is -0.692. The van der Waals surface area contributed by atoms with Crippen LogP contribution in [0, 0.1) is 5.92 Å². The normalized spacial score (nSPS) is 25.9. The molecule has 2 aliphatic rings. The Hall–Kier alpha value is -1.59. The van der Waals surface area contributed by atoms with E-state index in [1.165, 1.54) is 4.90 Å². The highest BCUT2D eigenvalue weighted by atomic mass is 16.4. The first-order valence-corrected chi connectivity index (χ1v) is 8.35. The Kier molecular flexibility index (Phi) is 5.80. The summed E-state index contributed by atoms with van der Waals surface area (Å²) in [5, 5.41) is 9.31. The van der Waals surface area contributed by atoms with E-state index in [2.05, 4.69) is 0 Å². The maximum atomic E-state index is 12.7. The molecule has 2 unspecified atom stereocenters. The Morgan fingerprint density at radius 2 is 1.86 bits per heavy atom. The van der Waals surface area contributed by atoms with Crippen molar-refractivity contribution in [2.75, 3.05) is 19.6 Å². The second-order valence-electron chi connectivity index (χ2n) is 6.31. The molecule has 2 saturated heterocycles. The van der Waals surface area contributed by atoms with Crippen LogP contribution in [0.15, 0.2) is 0 Å². The van der Waals surface area contributed by atoms with Crippen molar-refractivity contribution in [1.29, 1.82) is 0 Å². The molecule has 2 atom stereocenters. The van der Waals surface area contributed by atoms with Gasteiger partial charge in [-0.05, 0) is 38.5 Å². The molecule has 2 heterocycles. The Bertz CT molecular complexity index is 438. The Labute approximate surface area is 131 Å². The Balaban J connectivity index is 2.01. The summed E-state index contributed by atoms with van der Waals surface area (Å²) in [5.74, 6) is -1.13. The lowest BCUT2D eigenvalue weighted by Crippen LogP contribution is -2.53. The molecule has 1 N–H and O–H groups in total. The second kappa shape index (κ2) is 7.61. The molecule has 0 aromatic heterocycles. The van der Waals surface area contributed by atoms with Gasteiger partial charge >= 0.3 is 5.97 Å². The number of carbonyl (C=O) groups excluding carboxylic acids is 2. The van der Waals surface area contributed by atoms with Gasteiger partial charge in [-0.25, -0.2) is 4.79 Å². The predicted molar refractivity (Wildman–Crippen MR) is 81.2 cm³/mol. The summed E-state index contributed by atoms with van der Waals surface area (Å²) >= 11 is 0. The maximum Gasteiger partial charge on any atom is 0.326 e. The summed E-state index contributed by atoms with van der Waals surface area (Å²) in [5.41, 5.74) is 0. The van der Waals surface area contributed by atoms with Gasteiger partial charge in [-0.3, -0.25) is 9.59 Å². The van der Waals surface area contributed by atoms with Gasteiger partial charge in [-0.15, -0.1) is 0 Å². The smallest absolute Gasteiger partial charge is 0.326 e. The first kappa shape index (κ1) is 16.8. The fraction of sp³-hybridized carbons (Fsp3) is 0.812. The van der Waals surface area contributed by atoms with Crippen molar-refractivity contribution in [3.05, 3.63) is 0 Å². The minimum Gasteiger partial charge on any atom is -0.480 e. The fourth-order valence-electron chi connectivity index (χ4n) is 3.46. The van der Waals surface area contributed by atoms with Gasteiger partial charge in [0.15, 0.2) is 0 Å². The first-order chi connectivity index (χ1) is 10.5. The van der Waals surface area contributed by atoms with Crippen LogP contribution in [-0.4, -0.2) is 58.4 Å². The van der Waals surface area contributed by atoms with Crippen molar-refractivity contribution in [1.82, 2.24) is 9.80 Å².